The average molecular weight is 529 g/mol. The van der Waals surface area contributed by atoms with Crippen LogP contribution in [0.4, 0.5) is 0 Å². The van der Waals surface area contributed by atoms with Crippen molar-refractivity contribution >= 4 is 43.6 Å². The van der Waals surface area contributed by atoms with Crippen LogP contribution in [0.2, 0.25) is 0 Å². The van der Waals surface area contributed by atoms with Gasteiger partial charge in [0.25, 0.3) is 0 Å². The second kappa shape index (κ2) is 9.64. The fourth-order valence-corrected chi connectivity index (χ4v) is 3.85. The minimum absolute atomic E-state index is 0.204. The minimum atomic E-state index is -0.605. The number of hydrogen-bond donors (Lipinski definition) is 0. The summed E-state index contributed by atoms with van der Waals surface area (Å²) in [6, 6.07) is 11.7. The molecule has 0 N–H and O–H groups in total. The molecule has 0 spiro atoms. The highest BCUT2D eigenvalue weighted by atomic mass is 79.9. The molecule has 176 valence electrons. The predicted molar refractivity (Wildman–Crippen MR) is 130 cm³/mol. The van der Waals surface area contributed by atoms with Gasteiger partial charge in [0.15, 0.2) is 18.1 Å². The van der Waals surface area contributed by atoms with Crippen molar-refractivity contribution in [2.24, 2.45) is 0 Å². The van der Waals surface area contributed by atoms with Crippen molar-refractivity contribution in [2.45, 2.75) is 6.92 Å². The lowest BCUT2D eigenvalue weighted by atomic mass is 10.0. The largest absolute Gasteiger partial charge is 0.493 e. The lowest BCUT2D eigenvalue weighted by Gasteiger charge is -2.15. The Hall–Kier alpha value is -3.72. The molecule has 8 nitrogen and oxygen atoms in total. The Morgan fingerprint density at radius 2 is 1.65 bits per heavy atom. The van der Waals surface area contributed by atoms with Crippen molar-refractivity contribution in [1.29, 1.82) is 0 Å². The van der Waals surface area contributed by atoms with Crippen LogP contribution >= 0.6 is 15.9 Å². The monoisotopic (exact) mass is 528 g/mol. The van der Waals surface area contributed by atoms with E-state index in [2.05, 4.69) is 15.9 Å². The molecule has 0 fully saturated rings. The van der Waals surface area contributed by atoms with Gasteiger partial charge in [0.2, 0.25) is 5.75 Å². The van der Waals surface area contributed by atoms with Gasteiger partial charge in [0.05, 0.1) is 26.7 Å². The third-order valence-corrected chi connectivity index (χ3v) is 6.08. The number of rotatable bonds is 7. The molecule has 3 aromatic carbocycles. The van der Waals surface area contributed by atoms with Crippen LogP contribution in [0, 0.1) is 6.92 Å². The summed E-state index contributed by atoms with van der Waals surface area (Å²) in [6.07, 6.45) is 0. The molecule has 34 heavy (non-hydrogen) atoms. The van der Waals surface area contributed by atoms with E-state index in [1.807, 2.05) is 19.1 Å². The van der Waals surface area contributed by atoms with Gasteiger partial charge in [0.1, 0.15) is 17.1 Å². The molecule has 0 amide bonds. The number of halogens is 1. The molecule has 0 aliphatic heterocycles. The van der Waals surface area contributed by atoms with Gasteiger partial charge in [-0.15, -0.1) is 0 Å². The zero-order chi connectivity index (χ0) is 24.4. The van der Waals surface area contributed by atoms with E-state index >= 15 is 0 Å². The first kappa shape index (κ1) is 23.4. The Morgan fingerprint density at radius 3 is 2.32 bits per heavy atom. The first-order valence-corrected chi connectivity index (χ1v) is 10.9. The van der Waals surface area contributed by atoms with E-state index in [1.165, 1.54) is 33.5 Å². The fourth-order valence-electron chi connectivity index (χ4n) is 3.61. The molecule has 1 aromatic heterocycles. The van der Waals surface area contributed by atoms with Crippen LogP contribution in [0.1, 0.15) is 5.56 Å². The molecule has 0 atom stereocenters. The molecule has 0 aliphatic rings. The Balaban J connectivity index is 1.66. The number of hydrogen-bond acceptors (Lipinski definition) is 8. The Bertz CT molecular complexity index is 1460. The Labute approximate surface area is 203 Å². The number of esters is 1. The minimum Gasteiger partial charge on any atom is -0.493 e. The molecule has 0 bridgehead atoms. The number of ether oxygens (including phenoxy) is 5. The summed E-state index contributed by atoms with van der Waals surface area (Å²) >= 11 is 3.42. The van der Waals surface area contributed by atoms with Gasteiger partial charge in [0, 0.05) is 21.3 Å². The van der Waals surface area contributed by atoms with Crippen molar-refractivity contribution in [3.05, 3.63) is 62.9 Å². The van der Waals surface area contributed by atoms with E-state index in [4.69, 9.17) is 28.1 Å². The Morgan fingerprint density at radius 1 is 0.912 bits per heavy atom. The summed E-state index contributed by atoms with van der Waals surface area (Å²) in [5.41, 5.74) is 0.601. The molecular formula is C25H21BrO8. The smallest absolute Gasteiger partial charge is 0.349 e. The van der Waals surface area contributed by atoms with E-state index in [9.17, 15) is 9.59 Å². The first-order chi connectivity index (χ1) is 16.4. The lowest BCUT2D eigenvalue weighted by Crippen LogP contribution is -2.17. The molecule has 0 saturated heterocycles. The molecule has 4 aromatic rings. The summed E-state index contributed by atoms with van der Waals surface area (Å²) in [6.45, 7) is 1.63. The summed E-state index contributed by atoms with van der Waals surface area (Å²) in [5.74, 6) is 1.16. The number of methoxy groups -OCH3 is 3. The number of carbonyl (C=O) groups excluding carboxylic acids is 1. The van der Waals surface area contributed by atoms with Crippen molar-refractivity contribution in [3.63, 3.8) is 0 Å². The molecule has 4 rings (SSSR count). The van der Waals surface area contributed by atoms with Crippen LogP contribution < -0.4 is 29.3 Å². The van der Waals surface area contributed by atoms with Crippen LogP contribution in [-0.2, 0) is 4.79 Å². The third-order valence-electron chi connectivity index (χ3n) is 5.19. The third kappa shape index (κ3) is 4.38. The molecule has 0 radical (unpaired) electrons. The van der Waals surface area contributed by atoms with E-state index < -0.39 is 11.6 Å². The van der Waals surface area contributed by atoms with Gasteiger partial charge in [-0.25, -0.2) is 9.59 Å². The molecule has 0 saturated carbocycles. The maximum Gasteiger partial charge on any atom is 0.349 e. The standard InChI is InChI=1S/C25H21BrO8/c1-13-9-14(6-8-18(13)26)32-12-21(27)33-15-5-7-16-19(10-15)34-25(28)17-11-20(29-2)23(30-3)24(31-4)22(16)17/h5-11H,12H2,1-4H3. The van der Waals surface area contributed by atoms with Crippen molar-refractivity contribution in [3.8, 4) is 28.7 Å². The number of carbonyl (C=O) groups is 1. The second-order valence-electron chi connectivity index (χ2n) is 7.29. The molecule has 0 unspecified atom stereocenters. The van der Waals surface area contributed by atoms with Crippen LogP contribution in [0.25, 0.3) is 21.7 Å². The molecule has 9 heteroatoms. The van der Waals surface area contributed by atoms with E-state index in [0.29, 0.717) is 33.8 Å². The summed E-state index contributed by atoms with van der Waals surface area (Å²) in [7, 11) is 4.42. The zero-order valence-corrected chi connectivity index (χ0v) is 20.5. The van der Waals surface area contributed by atoms with Gasteiger partial charge in [-0.2, -0.15) is 0 Å². The van der Waals surface area contributed by atoms with Gasteiger partial charge >= 0.3 is 11.6 Å². The topological polar surface area (TPSA) is 93.4 Å². The maximum absolute atomic E-state index is 12.7. The highest BCUT2D eigenvalue weighted by Gasteiger charge is 2.21. The lowest BCUT2D eigenvalue weighted by molar-refractivity contribution is -0.136. The van der Waals surface area contributed by atoms with Crippen LogP contribution in [0.3, 0.4) is 0 Å². The van der Waals surface area contributed by atoms with Crippen molar-refractivity contribution < 1.29 is 32.9 Å². The first-order valence-electron chi connectivity index (χ1n) is 10.2. The van der Waals surface area contributed by atoms with E-state index in [0.717, 1.165) is 10.0 Å². The van der Waals surface area contributed by atoms with Crippen LogP contribution in [-0.4, -0.2) is 33.9 Å². The van der Waals surface area contributed by atoms with Crippen LogP contribution in [0.5, 0.6) is 28.7 Å². The number of fused-ring (bicyclic) bond motifs is 3. The molecular weight excluding hydrogens is 508 g/mol. The van der Waals surface area contributed by atoms with Gasteiger partial charge in [-0.05, 0) is 48.9 Å². The van der Waals surface area contributed by atoms with E-state index in [1.54, 1.807) is 18.2 Å². The second-order valence-corrected chi connectivity index (χ2v) is 8.14. The molecule has 0 aliphatic carbocycles. The quantitative estimate of drug-likeness (QED) is 0.143. The van der Waals surface area contributed by atoms with Gasteiger partial charge < -0.3 is 28.1 Å². The van der Waals surface area contributed by atoms with Gasteiger partial charge in [-0.3, -0.25) is 0 Å². The highest BCUT2D eigenvalue weighted by molar-refractivity contribution is 9.10. The highest BCUT2D eigenvalue weighted by Crippen LogP contribution is 2.45. The van der Waals surface area contributed by atoms with Gasteiger partial charge in [-0.1, -0.05) is 15.9 Å². The SMILES string of the molecule is COc1cc2c(=O)oc3cc(OC(=O)COc4ccc(Br)c(C)c4)ccc3c2c(OC)c1OC. The van der Waals surface area contributed by atoms with E-state index in [-0.39, 0.29) is 23.3 Å². The fraction of sp³-hybridized carbons (Fsp3) is 0.200. The van der Waals surface area contributed by atoms with Crippen molar-refractivity contribution in [2.75, 3.05) is 27.9 Å². The normalized spacial score (nSPS) is 10.9. The summed E-state index contributed by atoms with van der Waals surface area (Å²) in [5, 5.41) is 1.34. The molecule has 1 heterocycles. The zero-order valence-electron chi connectivity index (χ0n) is 18.9. The Kier molecular flexibility index (Phi) is 6.65. The number of aryl methyl sites for hydroxylation is 1. The van der Waals surface area contributed by atoms with Crippen molar-refractivity contribution in [1.82, 2.24) is 0 Å². The maximum atomic E-state index is 12.7. The summed E-state index contributed by atoms with van der Waals surface area (Å²) < 4.78 is 33.6. The predicted octanol–water partition coefficient (Wildman–Crippen LogP) is 5.03. The summed E-state index contributed by atoms with van der Waals surface area (Å²) in [4.78, 5) is 25.0. The van der Waals surface area contributed by atoms with Crippen LogP contribution in [0.15, 0.2) is 56.1 Å². The number of benzene rings is 3. The average Bonchev–Trinajstić information content (AvgIpc) is 2.83.